The fourth-order valence-corrected chi connectivity index (χ4v) is 1.39. The highest BCUT2D eigenvalue weighted by atomic mass is 16.4. The van der Waals surface area contributed by atoms with Gasteiger partial charge in [0.25, 0.3) is 0 Å². The Balaban J connectivity index is 2.78. The van der Waals surface area contributed by atoms with E-state index in [1.807, 2.05) is 6.92 Å². The molecule has 15 heavy (non-hydrogen) atoms. The molecule has 0 aliphatic carbocycles. The number of hydrogen-bond donors (Lipinski definition) is 2. The number of aromatic carboxylic acids is 1. The number of carbonyl (C=O) groups is 1. The molecule has 0 aromatic carbocycles. The highest BCUT2D eigenvalue weighted by Gasteiger charge is 2.14. The first kappa shape index (κ1) is 9.45. The monoisotopic (exact) mass is 206 g/mol. The zero-order valence-electron chi connectivity index (χ0n) is 8.35. The van der Waals surface area contributed by atoms with Crippen molar-refractivity contribution in [1.82, 2.24) is 14.6 Å². The van der Waals surface area contributed by atoms with Crippen LogP contribution in [0.15, 0.2) is 12.3 Å². The molecule has 0 atom stereocenters. The molecule has 0 unspecified atom stereocenters. The molecule has 2 N–H and O–H groups in total. The Morgan fingerprint density at radius 2 is 2.33 bits per heavy atom. The number of rotatable bonds is 2. The van der Waals surface area contributed by atoms with Crippen LogP contribution in [-0.2, 0) is 0 Å². The van der Waals surface area contributed by atoms with Gasteiger partial charge in [-0.2, -0.15) is 5.10 Å². The molecule has 0 spiro atoms. The van der Waals surface area contributed by atoms with Crippen LogP contribution in [-0.4, -0.2) is 32.7 Å². The third kappa shape index (κ3) is 1.39. The molecule has 0 bridgehead atoms. The van der Waals surface area contributed by atoms with Gasteiger partial charge in [0.05, 0.1) is 6.20 Å². The normalized spacial score (nSPS) is 10.5. The Morgan fingerprint density at radius 1 is 1.60 bits per heavy atom. The first-order valence-electron chi connectivity index (χ1n) is 4.40. The number of carboxylic acids is 1. The smallest absolute Gasteiger partial charge is 0.341 e. The second kappa shape index (κ2) is 3.23. The second-order valence-corrected chi connectivity index (χ2v) is 3.13. The number of nitrogens with one attached hydrogen (secondary N) is 1. The molecule has 0 radical (unpaired) electrons. The zero-order valence-corrected chi connectivity index (χ0v) is 8.35. The van der Waals surface area contributed by atoms with Crippen molar-refractivity contribution in [3.63, 3.8) is 0 Å². The highest BCUT2D eigenvalue weighted by molar-refractivity contribution is 5.94. The average Bonchev–Trinajstić information content (AvgIpc) is 2.61. The van der Waals surface area contributed by atoms with Gasteiger partial charge < -0.3 is 10.4 Å². The summed E-state index contributed by atoms with van der Waals surface area (Å²) in [5.74, 6) is -0.395. The van der Waals surface area contributed by atoms with Gasteiger partial charge in [-0.3, -0.25) is 0 Å². The van der Waals surface area contributed by atoms with Crippen LogP contribution in [0, 0.1) is 6.92 Å². The Hall–Kier alpha value is -2.11. The largest absolute Gasteiger partial charge is 0.477 e. The van der Waals surface area contributed by atoms with E-state index < -0.39 is 5.97 Å². The Morgan fingerprint density at radius 3 is 2.93 bits per heavy atom. The van der Waals surface area contributed by atoms with E-state index in [0.717, 1.165) is 5.69 Å². The molecule has 6 nitrogen and oxygen atoms in total. The molecular formula is C9H10N4O2. The van der Waals surface area contributed by atoms with Crippen LogP contribution in [0.5, 0.6) is 0 Å². The van der Waals surface area contributed by atoms with Crippen LogP contribution < -0.4 is 5.32 Å². The molecule has 6 heteroatoms. The summed E-state index contributed by atoms with van der Waals surface area (Å²) in [6, 6.07) is 1.80. The summed E-state index contributed by atoms with van der Waals surface area (Å²) in [6.07, 6.45) is 1.30. The first-order chi connectivity index (χ1) is 7.13. The minimum atomic E-state index is -1.02. The van der Waals surface area contributed by atoms with Crippen LogP contribution in [0.2, 0.25) is 0 Å². The number of fused-ring (bicyclic) bond motifs is 1. The average molecular weight is 206 g/mol. The van der Waals surface area contributed by atoms with Gasteiger partial charge in [-0.1, -0.05) is 0 Å². The lowest BCUT2D eigenvalue weighted by molar-refractivity contribution is 0.0699. The van der Waals surface area contributed by atoms with Crippen molar-refractivity contribution in [2.75, 3.05) is 12.4 Å². The fraction of sp³-hybridized carbons (Fsp3) is 0.222. The number of aryl methyl sites for hydroxylation is 1. The highest BCUT2D eigenvalue weighted by Crippen LogP contribution is 2.14. The SMILES string of the molecule is CNc1cc(C)n2ncc(C(=O)O)c2n1. The maximum atomic E-state index is 10.9. The predicted octanol–water partition coefficient (Wildman–Crippen LogP) is 0.778. The van der Waals surface area contributed by atoms with Gasteiger partial charge in [0, 0.05) is 18.8 Å². The van der Waals surface area contributed by atoms with E-state index in [-0.39, 0.29) is 5.56 Å². The van der Waals surface area contributed by atoms with Crippen molar-refractivity contribution in [3.05, 3.63) is 23.5 Å². The Labute approximate surface area is 85.6 Å². The van der Waals surface area contributed by atoms with E-state index in [1.54, 1.807) is 13.1 Å². The molecule has 0 saturated heterocycles. The van der Waals surface area contributed by atoms with Gasteiger partial charge in [-0.25, -0.2) is 14.3 Å². The summed E-state index contributed by atoms with van der Waals surface area (Å²) in [5, 5.41) is 15.7. The number of hydrogen-bond acceptors (Lipinski definition) is 4. The van der Waals surface area contributed by atoms with E-state index in [0.29, 0.717) is 11.5 Å². The van der Waals surface area contributed by atoms with Gasteiger partial charge in [0.15, 0.2) is 5.65 Å². The van der Waals surface area contributed by atoms with Crippen molar-refractivity contribution < 1.29 is 9.90 Å². The van der Waals surface area contributed by atoms with Crippen molar-refractivity contribution in [3.8, 4) is 0 Å². The van der Waals surface area contributed by atoms with E-state index in [1.165, 1.54) is 10.7 Å². The standard InChI is InChI=1S/C9H10N4O2/c1-5-3-7(10-2)12-8-6(9(14)15)4-11-13(5)8/h3-4H,1-2H3,(H,10,12)(H,14,15). The Kier molecular flexibility index (Phi) is 2.03. The molecular weight excluding hydrogens is 196 g/mol. The van der Waals surface area contributed by atoms with Gasteiger partial charge >= 0.3 is 5.97 Å². The molecule has 0 amide bonds. The molecule has 0 aliphatic rings. The third-order valence-corrected chi connectivity index (χ3v) is 2.14. The van der Waals surface area contributed by atoms with Gasteiger partial charge in [-0.05, 0) is 6.92 Å². The van der Waals surface area contributed by atoms with Gasteiger partial charge in [-0.15, -0.1) is 0 Å². The summed E-state index contributed by atoms with van der Waals surface area (Å²) in [7, 11) is 1.73. The van der Waals surface area contributed by atoms with Crippen molar-refractivity contribution in [1.29, 1.82) is 0 Å². The van der Waals surface area contributed by atoms with Crippen LogP contribution in [0.4, 0.5) is 5.82 Å². The van der Waals surface area contributed by atoms with E-state index in [2.05, 4.69) is 15.4 Å². The summed E-state index contributed by atoms with van der Waals surface area (Å²) in [6.45, 7) is 1.84. The second-order valence-electron chi connectivity index (χ2n) is 3.13. The summed E-state index contributed by atoms with van der Waals surface area (Å²) in [5.41, 5.74) is 1.29. The van der Waals surface area contributed by atoms with Crippen LogP contribution in [0.1, 0.15) is 16.1 Å². The topological polar surface area (TPSA) is 79.5 Å². The number of nitrogens with zero attached hydrogens (tertiary/aromatic N) is 3. The number of aromatic nitrogens is 3. The quantitative estimate of drug-likeness (QED) is 0.758. The van der Waals surface area contributed by atoms with E-state index in [9.17, 15) is 4.79 Å². The first-order valence-corrected chi connectivity index (χ1v) is 4.40. The molecule has 0 fully saturated rings. The fourth-order valence-electron chi connectivity index (χ4n) is 1.39. The van der Waals surface area contributed by atoms with Crippen molar-refractivity contribution in [2.45, 2.75) is 6.92 Å². The molecule has 0 aliphatic heterocycles. The maximum absolute atomic E-state index is 10.9. The summed E-state index contributed by atoms with van der Waals surface area (Å²) in [4.78, 5) is 15.0. The minimum absolute atomic E-state index is 0.107. The van der Waals surface area contributed by atoms with Crippen molar-refractivity contribution >= 4 is 17.4 Å². The predicted molar refractivity (Wildman–Crippen MR) is 54.2 cm³/mol. The van der Waals surface area contributed by atoms with E-state index >= 15 is 0 Å². The lowest BCUT2D eigenvalue weighted by Crippen LogP contribution is -2.03. The zero-order chi connectivity index (χ0) is 11.0. The third-order valence-electron chi connectivity index (χ3n) is 2.14. The molecule has 2 rings (SSSR count). The molecule has 2 aromatic rings. The Bertz CT molecular complexity index is 532. The van der Waals surface area contributed by atoms with Crippen LogP contribution in [0.25, 0.3) is 5.65 Å². The lowest BCUT2D eigenvalue weighted by Gasteiger charge is -2.03. The minimum Gasteiger partial charge on any atom is -0.477 e. The van der Waals surface area contributed by atoms with Crippen LogP contribution >= 0.6 is 0 Å². The van der Waals surface area contributed by atoms with Gasteiger partial charge in [0.1, 0.15) is 11.4 Å². The van der Waals surface area contributed by atoms with E-state index in [4.69, 9.17) is 5.11 Å². The van der Waals surface area contributed by atoms with Gasteiger partial charge in [0.2, 0.25) is 0 Å². The lowest BCUT2D eigenvalue weighted by atomic mass is 10.3. The summed E-state index contributed by atoms with van der Waals surface area (Å²) >= 11 is 0. The van der Waals surface area contributed by atoms with Crippen LogP contribution in [0.3, 0.4) is 0 Å². The molecule has 78 valence electrons. The number of anilines is 1. The maximum Gasteiger partial charge on any atom is 0.341 e. The van der Waals surface area contributed by atoms with Crippen molar-refractivity contribution in [2.24, 2.45) is 0 Å². The molecule has 2 aromatic heterocycles. The summed E-state index contributed by atoms with van der Waals surface area (Å²) < 4.78 is 1.50. The molecule has 0 saturated carbocycles. The number of carboxylic acid groups (broad SMARTS) is 1. The molecule has 2 heterocycles.